The Hall–Kier alpha value is -3.55. The van der Waals surface area contributed by atoms with Gasteiger partial charge in [-0.3, -0.25) is 9.59 Å². The monoisotopic (exact) mass is 519 g/mol. The van der Waals surface area contributed by atoms with Crippen LogP contribution in [-0.2, 0) is 7.05 Å². The molecule has 0 saturated heterocycles. The predicted molar refractivity (Wildman–Crippen MR) is 146 cm³/mol. The standard InChI is InChI=1S/C29H30ClN3O4/c1-16-10-18(12-22(11-16)37-21-9-4-17(2)25(30)13-21)24-15-33(3)29(36)27-23(24)14-26(32-27)28(35)31-19-5-7-20(34)8-6-19/h4,9-15,19-20,32,34H,5-8H2,1-3H3,(H,31,35). The normalized spacial score (nSPS) is 17.6. The van der Waals surface area contributed by atoms with Crippen LogP contribution >= 0.6 is 11.6 Å². The Bertz CT molecular complexity index is 1550. The molecule has 0 atom stereocenters. The number of pyridine rings is 1. The van der Waals surface area contributed by atoms with E-state index in [1.165, 1.54) is 4.57 Å². The molecule has 1 amide bonds. The average Bonchev–Trinajstić information content (AvgIpc) is 3.31. The summed E-state index contributed by atoms with van der Waals surface area (Å²) in [7, 11) is 1.70. The summed E-state index contributed by atoms with van der Waals surface area (Å²) in [6, 6.07) is 13.2. The first-order chi connectivity index (χ1) is 17.7. The van der Waals surface area contributed by atoms with Crippen molar-refractivity contribution in [3.63, 3.8) is 0 Å². The maximum absolute atomic E-state index is 13.0. The molecule has 8 heteroatoms. The number of aromatic nitrogens is 2. The molecule has 2 aromatic carbocycles. The molecule has 7 nitrogen and oxygen atoms in total. The fourth-order valence-corrected chi connectivity index (χ4v) is 5.08. The minimum absolute atomic E-state index is 0.0105. The van der Waals surface area contributed by atoms with Crippen LogP contribution in [0.4, 0.5) is 0 Å². The number of fused-ring (bicyclic) bond motifs is 1. The highest BCUT2D eigenvalue weighted by Gasteiger charge is 2.23. The highest BCUT2D eigenvalue weighted by atomic mass is 35.5. The van der Waals surface area contributed by atoms with Gasteiger partial charge in [-0.15, -0.1) is 0 Å². The molecule has 0 unspecified atom stereocenters. The zero-order chi connectivity index (χ0) is 26.3. The van der Waals surface area contributed by atoms with Crippen LogP contribution in [0.25, 0.3) is 22.0 Å². The number of ether oxygens (including phenoxy) is 1. The first kappa shape index (κ1) is 25.1. The maximum Gasteiger partial charge on any atom is 0.274 e. The second-order valence-electron chi connectivity index (χ2n) is 9.96. The molecule has 37 heavy (non-hydrogen) atoms. The van der Waals surface area contributed by atoms with Crippen molar-refractivity contribution in [1.29, 1.82) is 0 Å². The lowest BCUT2D eigenvalue weighted by Gasteiger charge is -2.25. The van der Waals surface area contributed by atoms with Gasteiger partial charge < -0.3 is 24.7 Å². The molecule has 1 saturated carbocycles. The minimum atomic E-state index is -0.294. The van der Waals surface area contributed by atoms with Crippen molar-refractivity contribution in [3.8, 4) is 22.6 Å². The molecule has 192 valence electrons. The quantitative estimate of drug-likeness (QED) is 0.318. The van der Waals surface area contributed by atoms with Gasteiger partial charge >= 0.3 is 0 Å². The third kappa shape index (κ3) is 5.29. The Morgan fingerprint density at radius 1 is 1.08 bits per heavy atom. The van der Waals surface area contributed by atoms with Gasteiger partial charge in [0.25, 0.3) is 11.5 Å². The van der Waals surface area contributed by atoms with E-state index in [0.717, 1.165) is 35.1 Å². The molecule has 2 heterocycles. The predicted octanol–water partition coefficient (Wildman–Crippen LogP) is 5.63. The summed E-state index contributed by atoms with van der Waals surface area (Å²) in [6.07, 6.45) is 4.31. The number of aliphatic hydroxyl groups is 1. The Morgan fingerprint density at radius 2 is 1.84 bits per heavy atom. The summed E-state index contributed by atoms with van der Waals surface area (Å²) in [4.78, 5) is 29.0. The van der Waals surface area contributed by atoms with Crippen LogP contribution in [0, 0.1) is 13.8 Å². The first-order valence-corrected chi connectivity index (χ1v) is 12.8. The van der Waals surface area contributed by atoms with E-state index >= 15 is 0 Å². The van der Waals surface area contributed by atoms with Crippen molar-refractivity contribution in [2.75, 3.05) is 0 Å². The van der Waals surface area contributed by atoms with E-state index in [2.05, 4.69) is 10.3 Å². The fraction of sp³-hybridized carbons (Fsp3) is 0.310. The third-order valence-electron chi connectivity index (χ3n) is 6.98. The van der Waals surface area contributed by atoms with Gasteiger partial charge in [0.2, 0.25) is 0 Å². The SMILES string of the molecule is Cc1cc(Oc2ccc(C)c(Cl)c2)cc(-c2cn(C)c(=O)c3[nH]c(C(=O)NC4CCC(O)CC4)cc23)c1. The second-order valence-corrected chi connectivity index (χ2v) is 10.4. The second kappa shape index (κ2) is 10.1. The first-order valence-electron chi connectivity index (χ1n) is 12.5. The number of H-pyrrole nitrogens is 1. The Balaban J connectivity index is 1.50. The maximum atomic E-state index is 13.0. The number of benzene rings is 2. The number of aryl methyl sites for hydroxylation is 3. The molecule has 0 aliphatic heterocycles. The smallest absolute Gasteiger partial charge is 0.274 e. The highest BCUT2D eigenvalue weighted by Crippen LogP contribution is 2.34. The molecule has 3 N–H and O–H groups in total. The summed E-state index contributed by atoms with van der Waals surface area (Å²) in [5.41, 5.74) is 4.13. The number of halogens is 1. The van der Waals surface area contributed by atoms with E-state index in [0.29, 0.717) is 46.0 Å². The lowest BCUT2D eigenvalue weighted by Crippen LogP contribution is -2.38. The molecule has 1 fully saturated rings. The molecule has 0 spiro atoms. The third-order valence-corrected chi connectivity index (χ3v) is 7.39. The van der Waals surface area contributed by atoms with Crippen molar-refractivity contribution in [2.45, 2.75) is 51.7 Å². The zero-order valence-electron chi connectivity index (χ0n) is 21.1. The van der Waals surface area contributed by atoms with E-state index in [1.54, 1.807) is 25.4 Å². The molecule has 2 aromatic heterocycles. The van der Waals surface area contributed by atoms with E-state index < -0.39 is 0 Å². The van der Waals surface area contributed by atoms with Gasteiger partial charge in [0.1, 0.15) is 22.7 Å². The van der Waals surface area contributed by atoms with Crippen molar-refractivity contribution in [2.24, 2.45) is 7.05 Å². The van der Waals surface area contributed by atoms with Gasteiger partial charge in [-0.25, -0.2) is 0 Å². The van der Waals surface area contributed by atoms with E-state index in [4.69, 9.17) is 16.3 Å². The van der Waals surface area contributed by atoms with Crippen LogP contribution in [-0.4, -0.2) is 32.7 Å². The summed E-state index contributed by atoms with van der Waals surface area (Å²) < 4.78 is 7.63. The number of hydrogen-bond donors (Lipinski definition) is 3. The lowest BCUT2D eigenvalue weighted by atomic mass is 9.93. The van der Waals surface area contributed by atoms with Crippen molar-refractivity contribution in [1.82, 2.24) is 14.9 Å². The largest absolute Gasteiger partial charge is 0.457 e. The van der Waals surface area contributed by atoms with E-state index in [-0.39, 0.29) is 23.6 Å². The van der Waals surface area contributed by atoms with E-state index in [9.17, 15) is 14.7 Å². The van der Waals surface area contributed by atoms with Crippen LogP contribution < -0.4 is 15.6 Å². The summed E-state index contributed by atoms with van der Waals surface area (Å²) in [6.45, 7) is 3.92. The van der Waals surface area contributed by atoms with Gasteiger partial charge in [-0.2, -0.15) is 0 Å². The van der Waals surface area contributed by atoms with Gasteiger partial charge in [0.05, 0.1) is 6.10 Å². The number of rotatable bonds is 5. The number of carbonyl (C=O) groups excluding carboxylic acids is 1. The fourth-order valence-electron chi connectivity index (χ4n) is 4.91. The van der Waals surface area contributed by atoms with Crippen LogP contribution in [0.5, 0.6) is 11.5 Å². The Labute approximate surface area is 220 Å². The number of aliphatic hydroxyl groups excluding tert-OH is 1. The molecular weight excluding hydrogens is 490 g/mol. The number of hydrogen-bond acceptors (Lipinski definition) is 4. The number of nitrogens with zero attached hydrogens (tertiary/aromatic N) is 1. The molecule has 1 aliphatic rings. The zero-order valence-corrected chi connectivity index (χ0v) is 21.9. The average molecular weight is 520 g/mol. The summed E-state index contributed by atoms with van der Waals surface area (Å²) in [5, 5.41) is 14.1. The molecule has 0 radical (unpaired) electrons. The summed E-state index contributed by atoms with van der Waals surface area (Å²) in [5.74, 6) is 1.02. The van der Waals surface area contributed by atoms with Crippen LogP contribution in [0.15, 0.2) is 53.5 Å². The number of carbonyl (C=O) groups is 1. The molecule has 0 bridgehead atoms. The molecular formula is C29H30ClN3O4. The highest BCUT2D eigenvalue weighted by molar-refractivity contribution is 6.31. The van der Waals surface area contributed by atoms with Gasteiger partial charge in [-0.05, 0) is 86.6 Å². The number of nitrogens with one attached hydrogen (secondary N) is 2. The van der Waals surface area contributed by atoms with Gasteiger partial charge in [-0.1, -0.05) is 23.7 Å². The van der Waals surface area contributed by atoms with Crippen LogP contribution in [0.3, 0.4) is 0 Å². The number of amides is 1. The van der Waals surface area contributed by atoms with Gasteiger partial charge in [0.15, 0.2) is 0 Å². The Morgan fingerprint density at radius 3 is 2.57 bits per heavy atom. The molecule has 1 aliphatic carbocycles. The van der Waals surface area contributed by atoms with Crippen LogP contribution in [0.1, 0.15) is 47.3 Å². The molecule has 5 rings (SSSR count). The Kier molecular flexibility index (Phi) is 6.84. The van der Waals surface area contributed by atoms with Crippen molar-refractivity contribution in [3.05, 3.63) is 80.9 Å². The topological polar surface area (TPSA) is 96.4 Å². The molecule has 4 aromatic rings. The minimum Gasteiger partial charge on any atom is -0.457 e. The van der Waals surface area contributed by atoms with Crippen molar-refractivity contribution >= 4 is 28.4 Å². The van der Waals surface area contributed by atoms with Crippen molar-refractivity contribution < 1.29 is 14.6 Å². The van der Waals surface area contributed by atoms with Gasteiger partial charge in [0, 0.05) is 35.3 Å². The number of aromatic amines is 1. The summed E-state index contributed by atoms with van der Waals surface area (Å²) >= 11 is 6.27. The van der Waals surface area contributed by atoms with E-state index in [1.807, 2.05) is 44.2 Å². The van der Waals surface area contributed by atoms with Crippen LogP contribution in [0.2, 0.25) is 5.02 Å². The lowest BCUT2D eigenvalue weighted by molar-refractivity contribution is 0.0864.